The molecular formula is C22H22BrIN2O. The van der Waals surface area contributed by atoms with Crippen LogP contribution in [-0.2, 0) is 10.2 Å². The Kier molecular flexibility index (Phi) is 4.54. The van der Waals surface area contributed by atoms with Crippen molar-refractivity contribution in [1.82, 2.24) is 4.98 Å². The number of nitrogens with one attached hydrogen (secondary N) is 1. The van der Waals surface area contributed by atoms with Crippen molar-refractivity contribution in [3.63, 3.8) is 0 Å². The highest BCUT2D eigenvalue weighted by Gasteiger charge is 2.49. The van der Waals surface area contributed by atoms with E-state index in [1.54, 1.807) is 0 Å². The molecule has 1 atom stereocenters. The lowest BCUT2D eigenvalue weighted by molar-refractivity contribution is -0.118. The van der Waals surface area contributed by atoms with Gasteiger partial charge < -0.3 is 5.32 Å². The van der Waals surface area contributed by atoms with Crippen molar-refractivity contribution in [3.05, 3.63) is 66.5 Å². The molecule has 0 radical (unpaired) electrons. The predicted molar refractivity (Wildman–Crippen MR) is 121 cm³/mol. The molecule has 4 rings (SSSR count). The Balaban J connectivity index is 2.10. The molecular weight excluding hydrogens is 515 g/mol. The summed E-state index contributed by atoms with van der Waals surface area (Å²) >= 11 is 6.10. The summed E-state index contributed by atoms with van der Waals surface area (Å²) in [5.74, 6) is 1.08. The molecule has 0 bridgehead atoms. The summed E-state index contributed by atoms with van der Waals surface area (Å²) < 4.78 is 2.05. The van der Waals surface area contributed by atoms with Gasteiger partial charge in [0.05, 0.1) is 5.41 Å². The van der Waals surface area contributed by atoms with Gasteiger partial charge in [-0.1, -0.05) is 38.1 Å². The second-order valence-electron chi connectivity index (χ2n) is 8.50. The van der Waals surface area contributed by atoms with E-state index in [9.17, 15) is 4.79 Å². The van der Waals surface area contributed by atoms with Gasteiger partial charge in [0.15, 0.2) is 5.78 Å². The number of rotatable bonds is 1. The lowest BCUT2D eigenvalue weighted by Gasteiger charge is -2.45. The van der Waals surface area contributed by atoms with Crippen molar-refractivity contribution >= 4 is 50.1 Å². The summed E-state index contributed by atoms with van der Waals surface area (Å²) in [7, 11) is 0. The third-order valence-corrected chi connectivity index (χ3v) is 8.18. The standard InChI is InChI=1S/C22H22BrIN2O/c1-12-7-5-6-8-13(12)22(4)17-15(9-21(2,3)10-16(17)27)26-20-18(22)19(23)14(24)11-25-20/h5-8,11H,9-10H2,1-4H3,(H,25,26). The van der Waals surface area contributed by atoms with Crippen LogP contribution in [0.4, 0.5) is 5.82 Å². The number of halogens is 2. The number of Topliss-reactive ketones (excluding diaryl/α,β-unsaturated/α-hetero) is 1. The minimum Gasteiger partial charge on any atom is -0.343 e. The Hall–Kier alpha value is -1.21. The van der Waals surface area contributed by atoms with Gasteiger partial charge in [-0.15, -0.1) is 0 Å². The topological polar surface area (TPSA) is 42.0 Å². The molecule has 0 saturated heterocycles. The molecule has 140 valence electrons. The first-order chi connectivity index (χ1) is 12.6. The van der Waals surface area contributed by atoms with Crippen LogP contribution in [0, 0.1) is 15.9 Å². The van der Waals surface area contributed by atoms with Crippen LogP contribution in [0.25, 0.3) is 0 Å². The zero-order valence-electron chi connectivity index (χ0n) is 15.9. The van der Waals surface area contributed by atoms with Gasteiger partial charge in [-0.25, -0.2) is 4.98 Å². The van der Waals surface area contributed by atoms with E-state index in [1.165, 1.54) is 5.56 Å². The minimum absolute atomic E-state index is 0.0481. The molecule has 2 aliphatic rings. The molecule has 1 aliphatic carbocycles. The number of aryl methyl sites for hydroxylation is 1. The molecule has 2 heterocycles. The smallest absolute Gasteiger partial charge is 0.162 e. The maximum absolute atomic E-state index is 13.4. The van der Waals surface area contributed by atoms with Gasteiger partial charge in [0.1, 0.15) is 5.82 Å². The number of allylic oxidation sites excluding steroid dienone is 2. The van der Waals surface area contributed by atoms with E-state index in [0.29, 0.717) is 6.42 Å². The van der Waals surface area contributed by atoms with Gasteiger partial charge in [-0.05, 0) is 75.3 Å². The first-order valence-corrected chi connectivity index (χ1v) is 11.0. The fourth-order valence-electron chi connectivity index (χ4n) is 4.70. The van der Waals surface area contributed by atoms with Crippen LogP contribution in [-0.4, -0.2) is 10.8 Å². The number of benzene rings is 1. The van der Waals surface area contributed by atoms with Crippen molar-refractivity contribution in [2.24, 2.45) is 5.41 Å². The number of ketones is 1. The first-order valence-electron chi connectivity index (χ1n) is 9.09. The van der Waals surface area contributed by atoms with E-state index in [1.807, 2.05) is 12.3 Å². The average Bonchev–Trinajstić information content (AvgIpc) is 2.56. The summed E-state index contributed by atoms with van der Waals surface area (Å²) in [6.45, 7) is 8.63. The van der Waals surface area contributed by atoms with Gasteiger partial charge in [-0.2, -0.15) is 0 Å². The zero-order valence-corrected chi connectivity index (χ0v) is 19.7. The molecule has 1 unspecified atom stereocenters. The quantitative estimate of drug-likeness (QED) is 0.446. The lowest BCUT2D eigenvalue weighted by Crippen LogP contribution is -2.43. The number of fused-ring (bicyclic) bond motifs is 1. The van der Waals surface area contributed by atoms with Crippen LogP contribution in [0.1, 0.15) is 50.3 Å². The molecule has 5 heteroatoms. The van der Waals surface area contributed by atoms with Crippen LogP contribution < -0.4 is 5.32 Å². The normalized spacial score (nSPS) is 23.6. The van der Waals surface area contributed by atoms with E-state index < -0.39 is 5.41 Å². The molecule has 2 aromatic rings. The van der Waals surface area contributed by atoms with Crippen molar-refractivity contribution in [2.45, 2.75) is 46.0 Å². The van der Waals surface area contributed by atoms with Crippen molar-refractivity contribution in [2.75, 3.05) is 5.32 Å². The Morgan fingerprint density at radius 1 is 1.19 bits per heavy atom. The molecule has 1 aromatic carbocycles. The Morgan fingerprint density at radius 2 is 1.89 bits per heavy atom. The second kappa shape index (κ2) is 6.41. The fraction of sp³-hybridized carbons (Fsp3) is 0.364. The molecule has 0 fully saturated rings. The number of carbonyl (C=O) groups excluding carboxylic acids is 1. The maximum Gasteiger partial charge on any atom is 0.162 e. The number of hydrogen-bond acceptors (Lipinski definition) is 3. The van der Waals surface area contributed by atoms with Gasteiger partial charge in [0.2, 0.25) is 0 Å². The Labute approximate surface area is 182 Å². The van der Waals surface area contributed by atoms with E-state index in [2.05, 4.69) is 89.7 Å². The number of carbonyl (C=O) groups is 1. The van der Waals surface area contributed by atoms with Gasteiger partial charge in [0, 0.05) is 37.5 Å². The number of hydrogen-bond donors (Lipinski definition) is 1. The third kappa shape index (κ3) is 2.89. The molecule has 0 spiro atoms. The molecule has 27 heavy (non-hydrogen) atoms. The summed E-state index contributed by atoms with van der Waals surface area (Å²) in [5, 5.41) is 3.51. The van der Waals surface area contributed by atoms with E-state index in [0.717, 1.165) is 42.7 Å². The van der Waals surface area contributed by atoms with Crippen LogP contribution >= 0.6 is 38.5 Å². The van der Waals surface area contributed by atoms with Crippen molar-refractivity contribution in [3.8, 4) is 0 Å². The van der Waals surface area contributed by atoms with Gasteiger partial charge >= 0.3 is 0 Å². The van der Waals surface area contributed by atoms with E-state index in [-0.39, 0.29) is 11.2 Å². The van der Waals surface area contributed by atoms with E-state index in [4.69, 9.17) is 4.98 Å². The highest BCUT2D eigenvalue weighted by molar-refractivity contribution is 14.1. The summed E-state index contributed by atoms with van der Waals surface area (Å²) in [5.41, 5.74) is 4.73. The van der Waals surface area contributed by atoms with Crippen LogP contribution in [0.2, 0.25) is 0 Å². The predicted octanol–water partition coefficient (Wildman–Crippen LogP) is 6.13. The first kappa shape index (κ1) is 19.1. The lowest BCUT2D eigenvalue weighted by atomic mass is 9.61. The van der Waals surface area contributed by atoms with E-state index >= 15 is 0 Å². The van der Waals surface area contributed by atoms with Crippen LogP contribution in [0.15, 0.2) is 46.2 Å². The second-order valence-corrected chi connectivity index (χ2v) is 10.5. The summed E-state index contributed by atoms with van der Waals surface area (Å²) in [6, 6.07) is 8.37. The number of anilines is 1. The van der Waals surface area contributed by atoms with Crippen LogP contribution in [0.5, 0.6) is 0 Å². The molecule has 0 saturated carbocycles. The third-order valence-electron chi connectivity index (χ3n) is 5.80. The van der Waals surface area contributed by atoms with Crippen LogP contribution in [0.3, 0.4) is 0 Å². The minimum atomic E-state index is -0.540. The number of aromatic nitrogens is 1. The van der Waals surface area contributed by atoms with Gasteiger partial charge in [-0.3, -0.25) is 4.79 Å². The zero-order chi connectivity index (χ0) is 19.6. The number of pyridine rings is 1. The van der Waals surface area contributed by atoms with Crippen molar-refractivity contribution < 1.29 is 4.79 Å². The highest BCUT2D eigenvalue weighted by atomic mass is 127. The molecule has 1 aliphatic heterocycles. The highest BCUT2D eigenvalue weighted by Crippen LogP contribution is 2.54. The van der Waals surface area contributed by atoms with Gasteiger partial charge in [0.25, 0.3) is 0 Å². The molecule has 1 aromatic heterocycles. The Morgan fingerprint density at radius 3 is 2.59 bits per heavy atom. The van der Waals surface area contributed by atoms with Crippen molar-refractivity contribution in [1.29, 1.82) is 0 Å². The monoisotopic (exact) mass is 536 g/mol. The number of nitrogens with zero attached hydrogens (tertiary/aromatic N) is 1. The summed E-state index contributed by atoms with van der Waals surface area (Å²) in [6.07, 6.45) is 3.29. The Bertz CT molecular complexity index is 1010. The average molecular weight is 537 g/mol. The molecule has 0 amide bonds. The summed E-state index contributed by atoms with van der Waals surface area (Å²) in [4.78, 5) is 18.1. The molecule has 3 nitrogen and oxygen atoms in total. The molecule has 1 N–H and O–H groups in total. The SMILES string of the molecule is Cc1ccccc1C1(C)C2=C(CC(C)(C)CC2=O)Nc2ncc(I)c(Br)c21. The maximum atomic E-state index is 13.4. The fourth-order valence-corrected chi connectivity index (χ4v) is 5.79. The largest absolute Gasteiger partial charge is 0.343 e.